The van der Waals surface area contributed by atoms with Crippen LogP contribution in [0.2, 0.25) is 0 Å². The maximum absolute atomic E-state index is 13.8. The summed E-state index contributed by atoms with van der Waals surface area (Å²) in [5.74, 6) is -0.967. The van der Waals surface area contributed by atoms with Gasteiger partial charge in [0, 0.05) is 24.2 Å². The molecule has 0 aromatic heterocycles. The number of methoxy groups -OCH3 is 1. The second-order valence-electron chi connectivity index (χ2n) is 5.42. The molecule has 1 saturated heterocycles. The van der Waals surface area contributed by atoms with Gasteiger partial charge in [0.05, 0.1) is 19.1 Å². The van der Waals surface area contributed by atoms with Crippen molar-refractivity contribution < 1.29 is 23.8 Å². The monoisotopic (exact) mass is 297 g/mol. The molecule has 0 radical (unpaired) electrons. The number of hydrogen-bond acceptors (Lipinski definition) is 4. The number of aliphatic carboxylic acids is 1. The van der Waals surface area contributed by atoms with Gasteiger partial charge >= 0.3 is 5.97 Å². The third-order valence-corrected chi connectivity index (χ3v) is 3.48. The smallest absolute Gasteiger partial charge is 0.307 e. The summed E-state index contributed by atoms with van der Waals surface area (Å²) in [5.41, 5.74) is 0.601. The molecule has 1 fully saturated rings. The van der Waals surface area contributed by atoms with E-state index in [1.54, 1.807) is 0 Å². The van der Waals surface area contributed by atoms with Gasteiger partial charge in [0.2, 0.25) is 0 Å². The van der Waals surface area contributed by atoms with Gasteiger partial charge in [-0.3, -0.25) is 4.79 Å². The van der Waals surface area contributed by atoms with E-state index in [4.69, 9.17) is 14.6 Å². The lowest BCUT2D eigenvalue weighted by Gasteiger charge is -2.21. The van der Waals surface area contributed by atoms with Gasteiger partial charge in [-0.25, -0.2) is 4.39 Å². The maximum atomic E-state index is 13.8. The highest BCUT2D eigenvalue weighted by atomic mass is 19.1. The van der Waals surface area contributed by atoms with Gasteiger partial charge in [-0.05, 0) is 26.3 Å². The van der Waals surface area contributed by atoms with Crippen molar-refractivity contribution in [1.82, 2.24) is 5.32 Å². The van der Waals surface area contributed by atoms with Crippen molar-refractivity contribution in [2.75, 3.05) is 13.7 Å². The van der Waals surface area contributed by atoms with E-state index in [1.807, 2.05) is 13.8 Å². The van der Waals surface area contributed by atoms with Crippen LogP contribution in [0.5, 0.6) is 11.5 Å². The molecule has 0 aliphatic carbocycles. The summed E-state index contributed by atoms with van der Waals surface area (Å²) in [4.78, 5) is 11.1. The molecular formula is C15H20FNO4. The third-order valence-electron chi connectivity index (χ3n) is 3.48. The van der Waals surface area contributed by atoms with E-state index in [-0.39, 0.29) is 12.1 Å². The Hall–Kier alpha value is -1.82. The molecule has 0 spiro atoms. The Morgan fingerprint density at radius 2 is 2.19 bits per heavy atom. The summed E-state index contributed by atoms with van der Waals surface area (Å²) < 4.78 is 24.7. The molecule has 116 valence electrons. The summed E-state index contributed by atoms with van der Waals surface area (Å²) in [7, 11) is 1.45. The van der Waals surface area contributed by atoms with Crippen molar-refractivity contribution in [1.29, 1.82) is 0 Å². The minimum Gasteiger partial charge on any atom is -0.493 e. The van der Waals surface area contributed by atoms with Crippen molar-refractivity contribution in [3.05, 3.63) is 23.5 Å². The van der Waals surface area contributed by atoms with Crippen molar-refractivity contribution in [2.24, 2.45) is 5.92 Å². The molecule has 0 bridgehead atoms. The van der Waals surface area contributed by atoms with Gasteiger partial charge in [-0.1, -0.05) is 0 Å². The Bertz CT molecular complexity index is 533. The number of nitrogens with one attached hydrogen (secondary N) is 1. The van der Waals surface area contributed by atoms with Gasteiger partial charge in [0.15, 0.2) is 11.5 Å². The Balaban J connectivity index is 2.37. The highest BCUT2D eigenvalue weighted by Gasteiger charge is 2.33. The fraction of sp³-hybridized carbons (Fsp3) is 0.533. The maximum Gasteiger partial charge on any atom is 0.307 e. The summed E-state index contributed by atoms with van der Waals surface area (Å²) >= 11 is 0. The molecule has 6 heteroatoms. The predicted octanol–water partition coefficient (Wildman–Crippen LogP) is 2.36. The Morgan fingerprint density at radius 3 is 2.71 bits per heavy atom. The van der Waals surface area contributed by atoms with Crippen LogP contribution in [0.25, 0.3) is 0 Å². The molecule has 1 aliphatic heterocycles. The molecule has 1 aliphatic rings. The molecule has 5 nitrogen and oxygen atoms in total. The van der Waals surface area contributed by atoms with Gasteiger partial charge in [-0.2, -0.15) is 0 Å². The summed E-state index contributed by atoms with van der Waals surface area (Å²) in [6.07, 6.45) is 0.302. The number of rotatable bonds is 5. The number of hydrogen-bond donors (Lipinski definition) is 2. The Kier molecular flexibility index (Phi) is 4.67. The molecule has 1 aromatic rings. The minimum absolute atomic E-state index is 0.0974. The zero-order valence-corrected chi connectivity index (χ0v) is 12.4. The number of ether oxygens (including phenoxy) is 2. The van der Waals surface area contributed by atoms with Crippen molar-refractivity contribution in [3.63, 3.8) is 0 Å². The quantitative estimate of drug-likeness (QED) is 0.873. The van der Waals surface area contributed by atoms with E-state index >= 15 is 0 Å². The highest BCUT2D eigenvalue weighted by molar-refractivity contribution is 5.71. The average molecular weight is 297 g/mol. The van der Waals surface area contributed by atoms with Crippen LogP contribution in [0.3, 0.4) is 0 Å². The van der Waals surface area contributed by atoms with E-state index in [0.717, 1.165) is 0 Å². The van der Waals surface area contributed by atoms with Gasteiger partial charge in [0.1, 0.15) is 5.82 Å². The van der Waals surface area contributed by atoms with Gasteiger partial charge in [0.25, 0.3) is 0 Å². The SMILES string of the molecule is COc1cc(F)cc(C2CC(C(=O)O)CN2)c1OC(C)C. The van der Waals surface area contributed by atoms with Crippen molar-refractivity contribution in [3.8, 4) is 11.5 Å². The molecule has 2 rings (SSSR count). The first-order valence-corrected chi connectivity index (χ1v) is 6.92. The lowest BCUT2D eigenvalue weighted by Crippen LogP contribution is -2.18. The number of carbonyl (C=O) groups is 1. The zero-order chi connectivity index (χ0) is 15.6. The molecule has 0 saturated carbocycles. The van der Waals surface area contributed by atoms with Crippen molar-refractivity contribution >= 4 is 5.97 Å². The van der Waals surface area contributed by atoms with Gasteiger partial charge in [-0.15, -0.1) is 0 Å². The van der Waals surface area contributed by atoms with E-state index in [9.17, 15) is 9.18 Å². The van der Waals surface area contributed by atoms with Crippen LogP contribution in [-0.2, 0) is 4.79 Å². The molecule has 21 heavy (non-hydrogen) atoms. The first kappa shape index (κ1) is 15.6. The van der Waals surface area contributed by atoms with Crippen LogP contribution < -0.4 is 14.8 Å². The minimum atomic E-state index is -0.848. The second-order valence-corrected chi connectivity index (χ2v) is 5.42. The number of halogens is 1. The first-order chi connectivity index (χ1) is 9.92. The predicted molar refractivity (Wildman–Crippen MR) is 75.2 cm³/mol. The van der Waals surface area contributed by atoms with Crippen LogP contribution in [0.15, 0.2) is 12.1 Å². The normalized spacial score (nSPS) is 21.6. The molecule has 2 unspecified atom stereocenters. The fourth-order valence-electron chi connectivity index (χ4n) is 2.52. The van der Waals surface area contributed by atoms with Crippen LogP contribution in [0.4, 0.5) is 4.39 Å². The molecule has 1 heterocycles. The van der Waals surface area contributed by atoms with E-state index < -0.39 is 17.7 Å². The molecule has 2 N–H and O–H groups in total. The number of benzene rings is 1. The molecule has 0 amide bonds. The fourth-order valence-corrected chi connectivity index (χ4v) is 2.52. The van der Waals surface area contributed by atoms with Crippen LogP contribution in [0, 0.1) is 11.7 Å². The Morgan fingerprint density at radius 1 is 1.48 bits per heavy atom. The molecular weight excluding hydrogens is 277 g/mol. The van der Waals surface area contributed by atoms with Crippen molar-refractivity contribution in [2.45, 2.75) is 32.4 Å². The van der Waals surface area contributed by atoms with E-state index in [2.05, 4.69) is 5.32 Å². The van der Waals surface area contributed by atoms with E-state index in [0.29, 0.717) is 30.0 Å². The topological polar surface area (TPSA) is 67.8 Å². The second kappa shape index (κ2) is 6.30. The van der Waals surface area contributed by atoms with E-state index in [1.165, 1.54) is 19.2 Å². The molecule has 1 aromatic carbocycles. The first-order valence-electron chi connectivity index (χ1n) is 6.92. The van der Waals surface area contributed by atoms with Crippen LogP contribution in [0.1, 0.15) is 31.9 Å². The summed E-state index contributed by atoms with van der Waals surface area (Å²) in [6, 6.07) is 2.39. The summed E-state index contributed by atoms with van der Waals surface area (Å²) in [5, 5.41) is 12.2. The van der Waals surface area contributed by atoms with Crippen LogP contribution in [-0.4, -0.2) is 30.8 Å². The lowest BCUT2D eigenvalue weighted by molar-refractivity contribution is -0.141. The lowest BCUT2D eigenvalue weighted by atomic mass is 9.98. The highest BCUT2D eigenvalue weighted by Crippen LogP contribution is 2.40. The Labute approximate surface area is 123 Å². The number of carboxylic acid groups (broad SMARTS) is 1. The standard InChI is InChI=1S/C15H20FNO4/c1-8(2)21-14-11(5-10(16)6-13(14)20-3)12-4-9(7-17-12)15(18)19/h5-6,8-9,12,17H,4,7H2,1-3H3,(H,18,19). The largest absolute Gasteiger partial charge is 0.493 e. The summed E-state index contributed by atoms with van der Waals surface area (Å²) in [6.45, 7) is 4.10. The molecule has 2 atom stereocenters. The number of carboxylic acids is 1. The third kappa shape index (κ3) is 3.44. The van der Waals surface area contributed by atoms with Gasteiger partial charge < -0.3 is 19.9 Å². The van der Waals surface area contributed by atoms with Crippen LogP contribution >= 0.6 is 0 Å². The average Bonchev–Trinajstić information content (AvgIpc) is 2.89. The zero-order valence-electron chi connectivity index (χ0n) is 12.4.